The minimum absolute atomic E-state index is 0.0481. The summed E-state index contributed by atoms with van der Waals surface area (Å²) in [6.45, 7) is 2.20. The Balaban J connectivity index is 1.65. The van der Waals surface area contributed by atoms with Gasteiger partial charge < -0.3 is 11.1 Å². The molecule has 2 aliphatic rings. The van der Waals surface area contributed by atoms with Crippen LogP contribution in [0.4, 0.5) is 0 Å². The topological polar surface area (TPSA) is 75.4 Å². The molecule has 0 spiro atoms. The molecule has 2 fully saturated rings. The van der Waals surface area contributed by atoms with Crippen LogP contribution in [0.3, 0.4) is 0 Å². The Morgan fingerprint density at radius 1 is 1.22 bits per heavy atom. The van der Waals surface area contributed by atoms with E-state index in [0.29, 0.717) is 12.5 Å². The van der Waals surface area contributed by atoms with Crippen molar-refractivity contribution in [3.8, 4) is 0 Å². The molecule has 2 amide bonds. The molecule has 0 aromatic heterocycles. The Hall–Kier alpha value is -1.88. The average Bonchev–Trinajstić information content (AvgIpc) is 3.38. The summed E-state index contributed by atoms with van der Waals surface area (Å²) in [5.41, 5.74) is 6.55. The lowest BCUT2D eigenvalue weighted by molar-refractivity contribution is -0.130. The molecule has 1 aliphatic heterocycles. The Morgan fingerprint density at radius 3 is 2.61 bits per heavy atom. The maximum Gasteiger partial charge on any atom is 0.239 e. The van der Waals surface area contributed by atoms with Crippen LogP contribution in [0.2, 0.25) is 0 Å². The largest absolute Gasteiger partial charge is 0.368 e. The maximum atomic E-state index is 12.4. The first kappa shape index (κ1) is 16.0. The summed E-state index contributed by atoms with van der Waals surface area (Å²) in [5, 5.41) is 3.06. The van der Waals surface area contributed by atoms with Crippen molar-refractivity contribution in [2.45, 2.75) is 31.7 Å². The van der Waals surface area contributed by atoms with Crippen LogP contribution in [0.15, 0.2) is 30.3 Å². The second-order valence-electron chi connectivity index (χ2n) is 6.74. The summed E-state index contributed by atoms with van der Waals surface area (Å²) < 4.78 is 0. The first-order chi connectivity index (χ1) is 11.1. The van der Waals surface area contributed by atoms with Crippen LogP contribution in [-0.4, -0.2) is 36.3 Å². The average molecular weight is 315 g/mol. The van der Waals surface area contributed by atoms with Crippen LogP contribution in [0.5, 0.6) is 0 Å². The van der Waals surface area contributed by atoms with Crippen LogP contribution in [0.25, 0.3) is 0 Å². The zero-order chi connectivity index (χ0) is 16.2. The zero-order valence-electron chi connectivity index (χ0n) is 13.4. The molecule has 5 heteroatoms. The van der Waals surface area contributed by atoms with Gasteiger partial charge in [-0.1, -0.05) is 30.3 Å². The van der Waals surface area contributed by atoms with Gasteiger partial charge >= 0.3 is 0 Å². The molecular formula is C18H25N3O2. The van der Waals surface area contributed by atoms with E-state index in [1.165, 1.54) is 12.8 Å². The first-order valence-corrected chi connectivity index (χ1v) is 8.51. The van der Waals surface area contributed by atoms with Crippen LogP contribution in [-0.2, 0) is 9.59 Å². The van der Waals surface area contributed by atoms with Gasteiger partial charge in [0.05, 0.1) is 5.92 Å². The van der Waals surface area contributed by atoms with Crippen molar-refractivity contribution >= 4 is 11.8 Å². The lowest BCUT2D eigenvalue weighted by Crippen LogP contribution is -2.47. The van der Waals surface area contributed by atoms with E-state index in [-0.39, 0.29) is 17.7 Å². The van der Waals surface area contributed by atoms with E-state index in [0.717, 1.165) is 31.5 Å². The zero-order valence-corrected chi connectivity index (χ0v) is 13.4. The number of carbonyl (C=O) groups excluding carboxylic acids is 2. The van der Waals surface area contributed by atoms with E-state index in [4.69, 9.17) is 5.73 Å². The Morgan fingerprint density at radius 2 is 1.96 bits per heavy atom. The van der Waals surface area contributed by atoms with Gasteiger partial charge in [0, 0.05) is 13.1 Å². The Kier molecular flexibility index (Phi) is 4.96. The Labute approximate surface area is 137 Å². The highest BCUT2D eigenvalue weighted by Gasteiger charge is 2.33. The van der Waals surface area contributed by atoms with E-state index in [2.05, 4.69) is 10.2 Å². The number of nitrogens with one attached hydrogen (secondary N) is 1. The number of hydrogen-bond donors (Lipinski definition) is 2. The number of benzene rings is 1. The van der Waals surface area contributed by atoms with Gasteiger partial charge in [0.15, 0.2) is 0 Å². The van der Waals surface area contributed by atoms with Crippen LogP contribution < -0.4 is 11.1 Å². The van der Waals surface area contributed by atoms with Crippen molar-refractivity contribution < 1.29 is 9.59 Å². The van der Waals surface area contributed by atoms with E-state index in [1.807, 2.05) is 30.3 Å². The second kappa shape index (κ2) is 7.13. The smallest absolute Gasteiger partial charge is 0.239 e. The molecule has 2 atom stereocenters. The number of nitrogens with zero attached hydrogens (tertiary/aromatic N) is 1. The number of likely N-dealkylation sites (tertiary alicyclic amines) is 1. The fourth-order valence-corrected chi connectivity index (χ4v) is 3.36. The highest BCUT2D eigenvalue weighted by molar-refractivity contribution is 5.82. The molecule has 3 rings (SSSR count). The molecule has 1 aromatic rings. The number of piperidine rings is 1. The van der Waals surface area contributed by atoms with Crippen molar-refractivity contribution in [3.05, 3.63) is 35.9 Å². The predicted octanol–water partition coefficient (Wildman–Crippen LogP) is 1.45. The van der Waals surface area contributed by atoms with Gasteiger partial charge in [0.2, 0.25) is 11.8 Å². The van der Waals surface area contributed by atoms with Gasteiger partial charge in [0.1, 0.15) is 6.04 Å². The van der Waals surface area contributed by atoms with Crippen molar-refractivity contribution in [1.82, 2.24) is 10.2 Å². The summed E-state index contributed by atoms with van der Waals surface area (Å²) in [6.07, 6.45) is 4.26. The number of amides is 2. The normalized spacial score (nSPS) is 23.2. The molecule has 0 bridgehead atoms. The molecule has 23 heavy (non-hydrogen) atoms. The SMILES string of the molecule is NC(=O)[C@@H](c1ccccc1)N1CCC[C@@H](C(=O)NCC2CC2)C1. The third-order valence-corrected chi connectivity index (χ3v) is 4.84. The number of primary amides is 1. The number of hydrogen-bond acceptors (Lipinski definition) is 3. The van der Waals surface area contributed by atoms with E-state index >= 15 is 0 Å². The van der Waals surface area contributed by atoms with E-state index in [1.54, 1.807) is 0 Å². The molecule has 5 nitrogen and oxygen atoms in total. The van der Waals surface area contributed by atoms with E-state index in [9.17, 15) is 9.59 Å². The van der Waals surface area contributed by atoms with Crippen molar-refractivity contribution in [1.29, 1.82) is 0 Å². The van der Waals surface area contributed by atoms with Gasteiger partial charge in [-0.25, -0.2) is 0 Å². The molecule has 1 aromatic carbocycles. The molecule has 1 aliphatic carbocycles. The Bertz CT molecular complexity index is 557. The summed E-state index contributed by atoms with van der Waals surface area (Å²) >= 11 is 0. The van der Waals surface area contributed by atoms with Crippen molar-refractivity contribution in [2.24, 2.45) is 17.6 Å². The second-order valence-corrected chi connectivity index (χ2v) is 6.74. The number of nitrogens with two attached hydrogens (primary N) is 1. The standard InChI is InChI=1S/C18H25N3O2/c19-17(22)16(14-5-2-1-3-6-14)21-10-4-7-15(12-21)18(23)20-11-13-8-9-13/h1-3,5-6,13,15-16H,4,7-12H2,(H2,19,22)(H,20,23)/t15-,16-/m1/s1. The first-order valence-electron chi connectivity index (χ1n) is 8.51. The van der Waals surface area contributed by atoms with Gasteiger partial charge in [-0.3, -0.25) is 14.5 Å². The fraction of sp³-hybridized carbons (Fsp3) is 0.556. The quantitative estimate of drug-likeness (QED) is 0.834. The van der Waals surface area contributed by atoms with Crippen LogP contribution >= 0.6 is 0 Å². The molecule has 3 N–H and O–H groups in total. The predicted molar refractivity (Wildman–Crippen MR) is 88.4 cm³/mol. The van der Waals surface area contributed by atoms with Gasteiger partial charge in [-0.15, -0.1) is 0 Å². The fourth-order valence-electron chi connectivity index (χ4n) is 3.36. The third kappa shape index (κ3) is 4.10. The molecule has 1 heterocycles. The molecule has 0 radical (unpaired) electrons. The minimum atomic E-state index is -0.449. The number of rotatable bonds is 6. The summed E-state index contributed by atoms with van der Waals surface area (Å²) in [7, 11) is 0. The maximum absolute atomic E-state index is 12.4. The van der Waals surface area contributed by atoms with Gasteiger partial charge in [-0.05, 0) is 43.7 Å². The van der Waals surface area contributed by atoms with Gasteiger partial charge in [0.25, 0.3) is 0 Å². The molecule has 1 saturated carbocycles. The minimum Gasteiger partial charge on any atom is -0.368 e. The lowest BCUT2D eigenvalue weighted by Gasteiger charge is -2.36. The molecule has 1 saturated heterocycles. The van der Waals surface area contributed by atoms with Crippen LogP contribution in [0.1, 0.15) is 37.3 Å². The lowest BCUT2D eigenvalue weighted by atomic mass is 9.93. The third-order valence-electron chi connectivity index (χ3n) is 4.84. The molecule has 0 unspecified atom stereocenters. The monoisotopic (exact) mass is 315 g/mol. The highest BCUT2D eigenvalue weighted by Crippen LogP contribution is 2.29. The van der Waals surface area contributed by atoms with Crippen LogP contribution in [0, 0.1) is 11.8 Å². The van der Waals surface area contributed by atoms with Crippen molar-refractivity contribution in [2.75, 3.05) is 19.6 Å². The summed E-state index contributed by atoms with van der Waals surface area (Å²) in [4.78, 5) is 26.4. The summed E-state index contributed by atoms with van der Waals surface area (Å²) in [6, 6.07) is 9.14. The molecule has 124 valence electrons. The summed E-state index contributed by atoms with van der Waals surface area (Å²) in [5.74, 6) is 0.405. The highest BCUT2D eigenvalue weighted by atomic mass is 16.2. The molecular weight excluding hydrogens is 290 g/mol. The van der Waals surface area contributed by atoms with E-state index < -0.39 is 6.04 Å². The van der Waals surface area contributed by atoms with Crippen molar-refractivity contribution in [3.63, 3.8) is 0 Å². The number of carbonyl (C=O) groups is 2. The van der Waals surface area contributed by atoms with Gasteiger partial charge in [-0.2, -0.15) is 0 Å².